The molecule has 13 heteroatoms. The number of ether oxygens (including phenoxy) is 2. The largest absolute Gasteiger partial charge is 0.393 e. The number of aliphatic hydroxyl groups is 4. The molecule has 9 N–H and O–H groups in total. The molecule has 1 aliphatic heterocycles. The van der Waals surface area contributed by atoms with Crippen LogP contribution in [0.1, 0.15) is 39.5 Å². The van der Waals surface area contributed by atoms with Crippen molar-refractivity contribution in [1.82, 2.24) is 21.3 Å². The third kappa shape index (κ3) is 9.47. The lowest BCUT2D eigenvalue weighted by Crippen LogP contribution is -2.48. The molecule has 0 spiro atoms. The zero-order valence-electron chi connectivity index (χ0n) is 21.2. The van der Waals surface area contributed by atoms with E-state index in [-0.39, 0.29) is 44.6 Å². The van der Waals surface area contributed by atoms with Gasteiger partial charge in [0.05, 0.1) is 62.6 Å². The Hall–Kier alpha value is -2.00. The summed E-state index contributed by atoms with van der Waals surface area (Å²) in [4.78, 5) is 23.1. The minimum absolute atomic E-state index is 0.00299. The number of hydrogen-bond acceptors (Lipinski definition) is 11. The molecule has 36 heavy (non-hydrogen) atoms. The fraction of sp³-hybridized carbons (Fsp3) is 0.826. The number of primary amides is 1. The quantitative estimate of drug-likeness (QED) is 0.102. The van der Waals surface area contributed by atoms with E-state index in [9.17, 15) is 30.0 Å². The summed E-state index contributed by atoms with van der Waals surface area (Å²) in [6.45, 7) is 5.54. The Morgan fingerprint density at radius 2 is 1.92 bits per heavy atom. The number of carbonyl (C=O) groups excluding carboxylic acids is 2. The van der Waals surface area contributed by atoms with E-state index in [0.717, 1.165) is 11.4 Å². The second-order valence-corrected chi connectivity index (χ2v) is 9.59. The van der Waals surface area contributed by atoms with Gasteiger partial charge in [-0.1, -0.05) is 6.92 Å². The molecule has 1 aliphatic carbocycles. The van der Waals surface area contributed by atoms with Gasteiger partial charge in [-0.3, -0.25) is 14.6 Å². The van der Waals surface area contributed by atoms with Gasteiger partial charge in [-0.05, 0) is 38.5 Å². The van der Waals surface area contributed by atoms with E-state index < -0.39 is 36.1 Å². The van der Waals surface area contributed by atoms with Crippen molar-refractivity contribution >= 4 is 11.8 Å². The van der Waals surface area contributed by atoms with Gasteiger partial charge in [0.1, 0.15) is 0 Å². The molecular weight excluding hydrogens is 474 g/mol. The third-order valence-corrected chi connectivity index (χ3v) is 6.86. The second-order valence-electron chi connectivity index (χ2n) is 9.59. The van der Waals surface area contributed by atoms with Crippen LogP contribution in [0, 0.1) is 17.8 Å². The average molecular weight is 518 g/mol. The summed E-state index contributed by atoms with van der Waals surface area (Å²) in [5, 5.41) is 44.3. The van der Waals surface area contributed by atoms with Crippen molar-refractivity contribution in [3.05, 3.63) is 11.4 Å². The Balaban J connectivity index is 1.60. The van der Waals surface area contributed by atoms with Gasteiger partial charge < -0.3 is 46.4 Å². The molecule has 0 aromatic carbocycles. The van der Waals surface area contributed by atoms with Crippen molar-refractivity contribution in [3.63, 3.8) is 0 Å². The van der Waals surface area contributed by atoms with E-state index in [1.165, 1.54) is 0 Å². The molecule has 2 rings (SSSR count). The Morgan fingerprint density at radius 3 is 2.58 bits per heavy atom. The molecule has 1 fully saturated rings. The number of nitrogens with zero attached hydrogens (tertiary/aromatic N) is 1. The Morgan fingerprint density at radius 1 is 1.19 bits per heavy atom. The summed E-state index contributed by atoms with van der Waals surface area (Å²) in [6, 6.07) is 0. The van der Waals surface area contributed by atoms with E-state index >= 15 is 0 Å². The summed E-state index contributed by atoms with van der Waals surface area (Å²) in [6.07, 6.45) is -1.13. The number of carbonyl (C=O) groups is 2. The van der Waals surface area contributed by atoms with Crippen molar-refractivity contribution in [2.75, 3.05) is 46.1 Å². The fourth-order valence-corrected chi connectivity index (χ4v) is 4.34. The molecule has 208 valence electrons. The van der Waals surface area contributed by atoms with Crippen molar-refractivity contribution in [1.29, 1.82) is 0 Å². The number of hydrazine groups is 2. The van der Waals surface area contributed by atoms with Crippen LogP contribution in [0.2, 0.25) is 0 Å². The second kappa shape index (κ2) is 15.3. The van der Waals surface area contributed by atoms with E-state index in [1.54, 1.807) is 0 Å². The van der Waals surface area contributed by atoms with E-state index in [0.29, 0.717) is 39.0 Å². The first kappa shape index (κ1) is 30.2. The van der Waals surface area contributed by atoms with Crippen LogP contribution in [0.3, 0.4) is 0 Å². The summed E-state index contributed by atoms with van der Waals surface area (Å²) < 4.78 is 11.3. The van der Waals surface area contributed by atoms with Crippen molar-refractivity contribution < 1.29 is 39.5 Å². The highest BCUT2D eigenvalue weighted by Crippen LogP contribution is 2.30. The maximum Gasteiger partial charge on any atom is 0.236 e. The highest BCUT2D eigenvalue weighted by molar-refractivity contribution is 5.85. The summed E-state index contributed by atoms with van der Waals surface area (Å²) in [7, 11) is 0. The highest BCUT2D eigenvalue weighted by Gasteiger charge is 2.38. The first-order chi connectivity index (χ1) is 17.1. The maximum absolute atomic E-state index is 12.2. The summed E-state index contributed by atoms with van der Waals surface area (Å²) in [5.74, 6) is -2.01. The van der Waals surface area contributed by atoms with Crippen LogP contribution in [-0.2, 0) is 19.1 Å². The van der Waals surface area contributed by atoms with Crippen LogP contribution < -0.4 is 22.0 Å². The van der Waals surface area contributed by atoms with Crippen LogP contribution in [0.5, 0.6) is 0 Å². The van der Waals surface area contributed by atoms with Crippen LogP contribution >= 0.6 is 0 Å². The average Bonchev–Trinajstić information content (AvgIpc) is 3.21. The monoisotopic (exact) mass is 517 g/mol. The number of rotatable bonds is 16. The number of nitrogens with one attached hydrogen (secondary N) is 3. The Labute approximate surface area is 211 Å². The molecular formula is C23H43N5O8. The lowest BCUT2D eigenvalue weighted by molar-refractivity contribution is -0.136. The lowest BCUT2D eigenvalue weighted by atomic mass is 9.77. The Bertz CT molecular complexity index is 739. The first-order valence-electron chi connectivity index (χ1n) is 12.5. The predicted octanol–water partition coefficient (Wildman–Crippen LogP) is -2.31. The molecule has 6 unspecified atom stereocenters. The smallest absolute Gasteiger partial charge is 0.236 e. The molecule has 2 amide bonds. The van der Waals surface area contributed by atoms with Crippen LogP contribution in [0.15, 0.2) is 11.4 Å². The van der Waals surface area contributed by atoms with E-state index in [1.807, 2.05) is 18.9 Å². The van der Waals surface area contributed by atoms with Gasteiger partial charge in [-0.25, -0.2) is 0 Å². The van der Waals surface area contributed by atoms with Crippen LogP contribution in [0.25, 0.3) is 0 Å². The van der Waals surface area contributed by atoms with Gasteiger partial charge in [-0.2, -0.15) is 0 Å². The molecule has 6 atom stereocenters. The molecule has 0 bridgehead atoms. The topological polar surface area (TPSA) is 199 Å². The lowest BCUT2D eigenvalue weighted by Gasteiger charge is -2.36. The molecule has 13 nitrogen and oxygen atoms in total. The van der Waals surface area contributed by atoms with Crippen LogP contribution in [-0.4, -0.2) is 102 Å². The van der Waals surface area contributed by atoms with Gasteiger partial charge >= 0.3 is 0 Å². The highest BCUT2D eigenvalue weighted by atomic mass is 16.5. The predicted molar refractivity (Wildman–Crippen MR) is 129 cm³/mol. The van der Waals surface area contributed by atoms with Gasteiger partial charge in [0.25, 0.3) is 0 Å². The van der Waals surface area contributed by atoms with Crippen LogP contribution in [0.4, 0.5) is 0 Å². The minimum Gasteiger partial charge on any atom is -0.393 e. The number of hydrogen-bond donors (Lipinski definition) is 8. The van der Waals surface area contributed by atoms with Gasteiger partial charge in [0.2, 0.25) is 11.8 Å². The number of aliphatic hydroxyl groups excluding tert-OH is 4. The number of nitrogens with two attached hydrogens (primary N) is 1. The van der Waals surface area contributed by atoms with Gasteiger partial charge in [-0.15, -0.1) is 5.53 Å². The maximum atomic E-state index is 12.2. The van der Waals surface area contributed by atoms with Crippen molar-refractivity contribution in [2.24, 2.45) is 23.5 Å². The van der Waals surface area contributed by atoms with E-state index in [4.69, 9.17) is 15.2 Å². The standard InChI is InChI=1S/C23H43N5O8/c1-14(3-6-35-8-5-28-15(2)18(12-29)26-27-28)19(30)4-7-36-13-17-9-16(10-20(31)22(17)33)23(34)25-11-21(24)32/h14,16-17,19-20,22,26-27,29-31,33H,3-13H2,1-2H3,(H2,24,32)(H,25,34). The molecule has 0 radical (unpaired) electrons. The third-order valence-electron chi connectivity index (χ3n) is 6.86. The van der Waals surface area contributed by atoms with Crippen molar-refractivity contribution in [2.45, 2.75) is 57.8 Å². The molecule has 1 saturated carbocycles. The number of amides is 2. The SMILES string of the molecule is CC1=C(CO)NNN1CCOCCC(C)C(O)CCOCC1CC(C(=O)NCC(N)=O)CC(O)C1O. The zero-order chi connectivity index (χ0) is 26.7. The van der Waals surface area contributed by atoms with Gasteiger partial charge in [0, 0.05) is 25.0 Å². The summed E-state index contributed by atoms with van der Waals surface area (Å²) in [5.41, 5.74) is 12.5. The molecule has 0 saturated heterocycles. The molecule has 0 aromatic rings. The zero-order valence-corrected chi connectivity index (χ0v) is 21.2. The fourth-order valence-electron chi connectivity index (χ4n) is 4.34. The molecule has 1 heterocycles. The van der Waals surface area contributed by atoms with E-state index in [2.05, 4.69) is 16.3 Å². The Kier molecular flexibility index (Phi) is 12.8. The molecule has 0 aromatic heterocycles. The number of allylic oxidation sites excluding steroid dienone is 1. The van der Waals surface area contributed by atoms with Gasteiger partial charge in [0.15, 0.2) is 0 Å². The van der Waals surface area contributed by atoms with Crippen molar-refractivity contribution in [3.8, 4) is 0 Å². The normalized spacial score (nSPS) is 26.0. The first-order valence-corrected chi connectivity index (χ1v) is 12.5. The molecule has 2 aliphatic rings. The summed E-state index contributed by atoms with van der Waals surface area (Å²) >= 11 is 0. The minimum atomic E-state index is -1.06.